The van der Waals surface area contributed by atoms with Gasteiger partial charge < -0.3 is 15.8 Å². The lowest BCUT2D eigenvalue weighted by molar-refractivity contribution is 0.0592. The van der Waals surface area contributed by atoms with Gasteiger partial charge in [-0.15, -0.1) is 0 Å². The van der Waals surface area contributed by atoms with Gasteiger partial charge in [0, 0.05) is 6.20 Å². The molecule has 1 unspecified atom stereocenters. The summed E-state index contributed by atoms with van der Waals surface area (Å²) >= 11 is 6.03. The number of nitrogens with zero attached hydrogens (tertiary/aromatic N) is 2. The highest BCUT2D eigenvalue weighted by Gasteiger charge is 2.09. The number of ether oxygens (including phenoxy) is 1. The Morgan fingerprint density at radius 3 is 2.75 bits per heavy atom. The van der Waals surface area contributed by atoms with Crippen molar-refractivity contribution in [2.75, 3.05) is 5.32 Å². The highest BCUT2D eigenvalue weighted by atomic mass is 35.5. The minimum atomic E-state index is -0.761. The second-order valence-corrected chi connectivity index (χ2v) is 5.23. The standard InChI is InChI=1S/C16H18ClN5O2/c1-11(24-10-12-6-3-2-4-7-12)20-16(22-15(18)23)21-14-13(17)8-5-9-19-14/h2-9,11H,10H2,1H3,(H4,18,19,20,21,22,23). The number of rotatable bonds is 5. The molecule has 1 atom stereocenters. The first-order chi connectivity index (χ1) is 11.5. The van der Waals surface area contributed by atoms with E-state index in [0.717, 1.165) is 5.56 Å². The van der Waals surface area contributed by atoms with Gasteiger partial charge in [0.05, 0.1) is 11.6 Å². The summed E-state index contributed by atoms with van der Waals surface area (Å²) in [5, 5.41) is 5.59. The lowest BCUT2D eigenvalue weighted by Gasteiger charge is -2.14. The molecule has 1 heterocycles. The number of pyridine rings is 1. The monoisotopic (exact) mass is 347 g/mol. The summed E-state index contributed by atoms with van der Waals surface area (Å²) in [6.45, 7) is 2.13. The molecule has 0 saturated carbocycles. The molecule has 24 heavy (non-hydrogen) atoms. The summed E-state index contributed by atoms with van der Waals surface area (Å²) in [5.41, 5.74) is 6.18. The molecule has 7 nitrogen and oxygen atoms in total. The quantitative estimate of drug-likeness (QED) is 0.571. The first kappa shape index (κ1) is 17.7. The van der Waals surface area contributed by atoms with E-state index >= 15 is 0 Å². The van der Waals surface area contributed by atoms with Crippen LogP contribution >= 0.6 is 11.6 Å². The van der Waals surface area contributed by atoms with Crippen LogP contribution in [0.3, 0.4) is 0 Å². The van der Waals surface area contributed by atoms with E-state index in [4.69, 9.17) is 22.1 Å². The van der Waals surface area contributed by atoms with E-state index in [9.17, 15) is 4.79 Å². The molecular weight excluding hydrogens is 330 g/mol. The fourth-order valence-electron chi connectivity index (χ4n) is 1.81. The number of nitrogens with one attached hydrogen (secondary N) is 2. The molecule has 0 aliphatic carbocycles. The van der Waals surface area contributed by atoms with Gasteiger partial charge >= 0.3 is 6.03 Å². The van der Waals surface area contributed by atoms with Gasteiger partial charge in [-0.3, -0.25) is 5.32 Å². The Hall–Kier alpha value is -2.64. The number of aromatic nitrogens is 1. The fourth-order valence-corrected chi connectivity index (χ4v) is 1.98. The normalized spacial score (nSPS) is 12.5. The lowest BCUT2D eigenvalue weighted by atomic mass is 10.2. The van der Waals surface area contributed by atoms with E-state index < -0.39 is 12.3 Å². The van der Waals surface area contributed by atoms with E-state index in [2.05, 4.69) is 20.6 Å². The van der Waals surface area contributed by atoms with Gasteiger partial charge in [0.25, 0.3) is 0 Å². The van der Waals surface area contributed by atoms with Crippen LogP contribution in [0.15, 0.2) is 53.7 Å². The molecule has 0 aliphatic rings. The SMILES string of the molecule is CC(/N=C(\NC(N)=O)Nc1ncccc1Cl)OCc1ccccc1. The van der Waals surface area contributed by atoms with Crippen LogP contribution in [-0.2, 0) is 11.3 Å². The van der Waals surface area contributed by atoms with Gasteiger partial charge in [-0.25, -0.2) is 14.8 Å². The predicted octanol–water partition coefficient (Wildman–Crippen LogP) is 2.73. The summed E-state index contributed by atoms with van der Waals surface area (Å²) in [4.78, 5) is 19.5. The molecule has 8 heteroatoms. The molecular formula is C16H18ClN5O2. The van der Waals surface area contributed by atoms with Crippen molar-refractivity contribution in [1.82, 2.24) is 10.3 Å². The van der Waals surface area contributed by atoms with Crippen LogP contribution in [0, 0.1) is 0 Å². The second kappa shape index (κ2) is 8.85. The molecule has 0 spiro atoms. The largest absolute Gasteiger partial charge is 0.352 e. The van der Waals surface area contributed by atoms with Crippen LogP contribution in [0.4, 0.5) is 10.6 Å². The number of amides is 2. The molecule has 2 amide bonds. The molecule has 0 fully saturated rings. The van der Waals surface area contributed by atoms with Crippen molar-refractivity contribution in [1.29, 1.82) is 0 Å². The molecule has 126 valence electrons. The number of urea groups is 1. The van der Waals surface area contributed by atoms with Gasteiger partial charge in [0.1, 0.15) is 6.23 Å². The van der Waals surface area contributed by atoms with Gasteiger partial charge in [0.2, 0.25) is 5.96 Å². The van der Waals surface area contributed by atoms with Crippen molar-refractivity contribution in [3.8, 4) is 0 Å². The number of aliphatic imine (C=N–C) groups is 1. The Kier molecular flexibility index (Phi) is 6.53. The molecule has 2 rings (SSSR count). The zero-order valence-electron chi connectivity index (χ0n) is 13.1. The second-order valence-electron chi connectivity index (χ2n) is 4.82. The van der Waals surface area contributed by atoms with Gasteiger partial charge in [0.15, 0.2) is 5.82 Å². The maximum Gasteiger partial charge on any atom is 0.318 e. The van der Waals surface area contributed by atoms with Crippen LogP contribution in [-0.4, -0.2) is 23.2 Å². The predicted molar refractivity (Wildman–Crippen MR) is 93.7 cm³/mol. The van der Waals surface area contributed by atoms with Gasteiger partial charge in [-0.05, 0) is 24.6 Å². The van der Waals surface area contributed by atoms with Crippen molar-refractivity contribution in [3.63, 3.8) is 0 Å². The minimum Gasteiger partial charge on any atom is -0.352 e. The molecule has 0 saturated heterocycles. The first-order valence-corrected chi connectivity index (χ1v) is 7.59. The van der Waals surface area contributed by atoms with Crippen LogP contribution in [0.25, 0.3) is 0 Å². The fraction of sp³-hybridized carbons (Fsp3) is 0.188. The molecule has 4 N–H and O–H groups in total. The van der Waals surface area contributed by atoms with E-state index in [1.165, 1.54) is 0 Å². The van der Waals surface area contributed by atoms with Crippen molar-refractivity contribution in [3.05, 3.63) is 59.2 Å². The van der Waals surface area contributed by atoms with Gasteiger partial charge in [-0.2, -0.15) is 0 Å². The lowest BCUT2D eigenvalue weighted by Crippen LogP contribution is -2.40. The first-order valence-electron chi connectivity index (χ1n) is 7.22. The van der Waals surface area contributed by atoms with Crippen molar-refractivity contribution >= 4 is 29.4 Å². The average molecular weight is 348 g/mol. The molecule has 0 bridgehead atoms. The Morgan fingerprint density at radius 1 is 1.33 bits per heavy atom. The van der Waals surface area contributed by atoms with Crippen molar-refractivity contribution in [2.24, 2.45) is 10.7 Å². The third-order valence-corrected chi connectivity index (χ3v) is 3.19. The highest BCUT2D eigenvalue weighted by Crippen LogP contribution is 2.17. The number of hydrogen-bond donors (Lipinski definition) is 3. The van der Waals surface area contributed by atoms with E-state index in [1.54, 1.807) is 25.3 Å². The van der Waals surface area contributed by atoms with E-state index in [1.807, 2.05) is 30.3 Å². The Labute approximate surface area is 144 Å². The third-order valence-electron chi connectivity index (χ3n) is 2.88. The molecule has 1 aromatic heterocycles. The number of nitrogens with two attached hydrogens (primary N) is 1. The van der Waals surface area contributed by atoms with Crippen LogP contribution in [0.5, 0.6) is 0 Å². The summed E-state index contributed by atoms with van der Waals surface area (Å²) in [5.74, 6) is 0.450. The highest BCUT2D eigenvalue weighted by molar-refractivity contribution is 6.33. The number of halogens is 1. The molecule has 1 aromatic carbocycles. The summed E-state index contributed by atoms with van der Waals surface area (Å²) in [7, 11) is 0. The number of primary amides is 1. The van der Waals surface area contributed by atoms with Crippen LogP contribution < -0.4 is 16.4 Å². The molecule has 2 aromatic rings. The Morgan fingerprint density at radius 2 is 2.08 bits per heavy atom. The van der Waals surface area contributed by atoms with Crippen molar-refractivity contribution in [2.45, 2.75) is 19.8 Å². The molecule has 0 aliphatic heterocycles. The van der Waals surface area contributed by atoms with Crippen molar-refractivity contribution < 1.29 is 9.53 Å². The zero-order valence-corrected chi connectivity index (χ0v) is 13.8. The number of guanidine groups is 1. The number of anilines is 1. The number of carbonyl (C=O) groups excluding carboxylic acids is 1. The smallest absolute Gasteiger partial charge is 0.318 e. The summed E-state index contributed by atoms with van der Waals surface area (Å²) in [6, 6.07) is 12.3. The van der Waals surface area contributed by atoms with E-state index in [-0.39, 0.29) is 5.96 Å². The average Bonchev–Trinajstić information content (AvgIpc) is 2.55. The third kappa shape index (κ3) is 5.86. The van der Waals surface area contributed by atoms with E-state index in [0.29, 0.717) is 17.4 Å². The van der Waals surface area contributed by atoms with Crippen LogP contribution in [0.1, 0.15) is 12.5 Å². The summed E-state index contributed by atoms with van der Waals surface area (Å²) < 4.78 is 5.64. The molecule has 0 radical (unpaired) electrons. The number of benzene rings is 1. The number of carbonyl (C=O) groups is 1. The summed E-state index contributed by atoms with van der Waals surface area (Å²) in [6.07, 6.45) is 1.04. The minimum absolute atomic E-state index is 0.101. The topological polar surface area (TPSA) is 102 Å². The maximum absolute atomic E-state index is 11.1. The Bertz CT molecular complexity index is 709. The van der Waals surface area contributed by atoms with Gasteiger partial charge in [-0.1, -0.05) is 41.9 Å². The number of hydrogen-bond acceptors (Lipinski definition) is 4. The Balaban J connectivity index is 2.04. The maximum atomic E-state index is 11.1. The van der Waals surface area contributed by atoms with Crippen LogP contribution in [0.2, 0.25) is 5.02 Å². The zero-order chi connectivity index (χ0) is 17.4.